The van der Waals surface area contributed by atoms with Crippen molar-refractivity contribution < 1.29 is 8.78 Å². The maximum atomic E-state index is 14.1. The number of rotatable bonds is 4. The Kier molecular flexibility index (Phi) is 4.73. The van der Waals surface area contributed by atoms with Gasteiger partial charge in [0.15, 0.2) is 5.82 Å². The molecule has 112 valence electrons. The summed E-state index contributed by atoms with van der Waals surface area (Å²) in [5, 5.41) is 2.99. The highest BCUT2D eigenvalue weighted by Crippen LogP contribution is 2.28. The van der Waals surface area contributed by atoms with Crippen LogP contribution in [0.25, 0.3) is 0 Å². The minimum absolute atomic E-state index is 0.227. The van der Waals surface area contributed by atoms with E-state index in [1.165, 1.54) is 12.1 Å². The maximum Gasteiger partial charge on any atom is 0.152 e. The van der Waals surface area contributed by atoms with Crippen molar-refractivity contribution in [1.82, 2.24) is 9.97 Å². The predicted molar refractivity (Wildman–Crippen MR) is 80.2 cm³/mol. The largest absolute Gasteiger partial charge is 0.335 e. The first-order valence-electron chi connectivity index (χ1n) is 6.68. The molecule has 0 aliphatic rings. The summed E-state index contributed by atoms with van der Waals surface area (Å²) in [7, 11) is 0. The molecule has 2 rings (SSSR count). The van der Waals surface area contributed by atoms with E-state index in [9.17, 15) is 8.78 Å². The Bertz CT molecular complexity index is 674. The van der Waals surface area contributed by atoms with Crippen molar-refractivity contribution in [2.45, 2.75) is 33.6 Å². The third-order valence-corrected chi connectivity index (χ3v) is 3.50. The van der Waals surface area contributed by atoms with Crippen LogP contribution >= 0.6 is 11.6 Å². The molecule has 0 radical (unpaired) electrons. The first kappa shape index (κ1) is 15.6. The van der Waals surface area contributed by atoms with E-state index < -0.39 is 11.6 Å². The van der Waals surface area contributed by atoms with Gasteiger partial charge in [-0.2, -0.15) is 0 Å². The molecule has 1 aromatic carbocycles. The number of aryl methyl sites for hydroxylation is 2. The molecular weight excluding hydrogens is 296 g/mol. The molecule has 21 heavy (non-hydrogen) atoms. The summed E-state index contributed by atoms with van der Waals surface area (Å²) in [5.74, 6) is -0.448. The van der Waals surface area contributed by atoms with Crippen LogP contribution in [0.4, 0.5) is 20.3 Å². The van der Waals surface area contributed by atoms with E-state index in [2.05, 4.69) is 15.3 Å². The lowest BCUT2D eigenvalue weighted by atomic mass is 10.2. The van der Waals surface area contributed by atoms with Crippen molar-refractivity contribution >= 4 is 23.1 Å². The fourth-order valence-corrected chi connectivity index (χ4v) is 2.07. The van der Waals surface area contributed by atoms with E-state index in [1.807, 2.05) is 6.92 Å². The van der Waals surface area contributed by atoms with E-state index in [4.69, 9.17) is 11.6 Å². The normalized spacial score (nSPS) is 10.8. The summed E-state index contributed by atoms with van der Waals surface area (Å²) >= 11 is 6.05. The van der Waals surface area contributed by atoms with Gasteiger partial charge in [-0.05, 0) is 31.9 Å². The summed E-state index contributed by atoms with van der Waals surface area (Å²) in [6.45, 7) is 5.26. The highest BCUT2D eigenvalue weighted by Gasteiger charge is 2.15. The molecule has 0 fully saturated rings. The van der Waals surface area contributed by atoms with E-state index in [-0.39, 0.29) is 10.8 Å². The van der Waals surface area contributed by atoms with Gasteiger partial charge in [-0.25, -0.2) is 18.7 Å². The monoisotopic (exact) mass is 311 g/mol. The van der Waals surface area contributed by atoms with Gasteiger partial charge in [0, 0.05) is 12.0 Å². The number of hydrogen-bond acceptors (Lipinski definition) is 3. The second-order valence-electron chi connectivity index (χ2n) is 4.83. The average Bonchev–Trinajstić information content (AvgIpc) is 2.44. The fraction of sp³-hybridized carbons (Fsp3) is 0.333. The molecule has 0 saturated heterocycles. The molecule has 1 aromatic heterocycles. The van der Waals surface area contributed by atoms with Crippen molar-refractivity contribution in [3.05, 3.63) is 45.9 Å². The van der Waals surface area contributed by atoms with E-state index in [1.54, 1.807) is 13.8 Å². The summed E-state index contributed by atoms with van der Waals surface area (Å²) < 4.78 is 27.9. The summed E-state index contributed by atoms with van der Waals surface area (Å²) in [5.41, 5.74) is 0.678. The van der Waals surface area contributed by atoms with Crippen LogP contribution in [0.5, 0.6) is 0 Å². The Balaban J connectivity index is 2.46. The Morgan fingerprint density at radius 3 is 2.57 bits per heavy atom. The highest BCUT2D eigenvalue weighted by molar-refractivity contribution is 6.30. The smallest absolute Gasteiger partial charge is 0.152 e. The number of halogens is 3. The maximum absolute atomic E-state index is 14.1. The highest BCUT2D eigenvalue weighted by atomic mass is 35.5. The van der Waals surface area contributed by atoms with Crippen molar-refractivity contribution in [2.75, 3.05) is 5.32 Å². The molecule has 0 spiro atoms. The number of benzene rings is 1. The first-order chi connectivity index (χ1) is 9.93. The molecule has 6 heteroatoms. The van der Waals surface area contributed by atoms with Crippen LogP contribution in [0.2, 0.25) is 5.15 Å². The lowest BCUT2D eigenvalue weighted by molar-refractivity contribution is 0.584. The van der Waals surface area contributed by atoms with Crippen LogP contribution in [0.1, 0.15) is 30.3 Å². The van der Waals surface area contributed by atoms with Crippen LogP contribution in [0, 0.1) is 25.5 Å². The SMILES string of the molecule is CCCc1nc(Cl)c(C)c(Nc2c(F)ccc(C)c2F)n1. The minimum atomic E-state index is -0.677. The number of anilines is 2. The van der Waals surface area contributed by atoms with E-state index in [0.717, 1.165) is 6.42 Å². The summed E-state index contributed by atoms with van der Waals surface area (Å²) in [4.78, 5) is 8.44. The number of nitrogens with one attached hydrogen (secondary N) is 1. The molecule has 0 bridgehead atoms. The van der Waals surface area contributed by atoms with Gasteiger partial charge < -0.3 is 5.32 Å². The molecular formula is C15H16ClF2N3. The zero-order chi connectivity index (χ0) is 15.6. The van der Waals surface area contributed by atoms with Gasteiger partial charge >= 0.3 is 0 Å². The van der Waals surface area contributed by atoms with Crippen molar-refractivity contribution in [3.63, 3.8) is 0 Å². The lowest BCUT2D eigenvalue weighted by Crippen LogP contribution is -2.06. The number of hydrogen-bond donors (Lipinski definition) is 1. The topological polar surface area (TPSA) is 37.8 Å². The molecule has 0 aliphatic heterocycles. The third-order valence-electron chi connectivity index (χ3n) is 3.13. The minimum Gasteiger partial charge on any atom is -0.335 e. The first-order valence-corrected chi connectivity index (χ1v) is 7.06. The third kappa shape index (κ3) is 3.29. The Morgan fingerprint density at radius 2 is 1.90 bits per heavy atom. The summed E-state index contributed by atoms with van der Waals surface area (Å²) in [6, 6.07) is 2.60. The molecule has 2 aromatic rings. The molecule has 3 nitrogen and oxygen atoms in total. The number of nitrogens with zero attached hydrogens (tertiary/aromatic N) is 2. The van der Waals surface area contributed by atoms with Crippen molar-refractivity contribution in [3.8, 4) is 0 Å². The Hall–Kier alpha value is -1.75. The molecule has 1 N–H and O–H groups in total. The van der Waals surface area contributed by atoms with Crippen LogP contribution in [0.15, 0.2) is 12.1 Å². The standard InChI is InChI=1S/C15H16ClF2N3/c1-4-5-11-19-14(16)9(3)15(20-11)21-13-10(17)7-6-8(2)12(13)18/h6-7H,4-5H2,1-3H3,(H,19,20,21). The van der Waals surface area contributed by atoms with E-state index in [0.29, 0.717) is 29.2 Å². The Labute approximate surface area is 127 Å². The van der Waals surface area contributed by atoms with Gasteiger partial charge in [0.1, 0.15) is 28.3 Å². The van der Waals surface area contributed by atoms with Crippen LogP contribution in [-0.4, -0.2) is 9.97 Å². The second kappa shape index (κ2) is 6.35. The zero-order valence-electron chi connectivity index (χ0n) is 12.1. The quantitative estimate of drug-likeness (QED) is 0.830. The van der Waals surface area contributed by atoms with E-state index >= 15 is 0 Å². The van der Waals surface area contributed by atoms with Gasteiger partial charge in [0.2, 0.25) is 0 Å². The van der Waals surface area contributed by atoms with Crippen LogP contribution < -0.4 is 5.32 Å². The van der Waals surface area contributed by atoms with Gasteiger partial charge in [-0.15, -0.1) is 0 Å². The molecule has 0 saturated carbocycles. The van der Waals surface area contributed by atoms with Gasteiger partial charge in [-0.3, -0.25) is 0 Å². The van der Waals surface area contributed by atoms with Crippen molar-refractivity contribution in [1.29, 1.82) is 0 Å². The summed E-state index contributed by atoms with van der Waals surface area (Å²) in [6.07, 6.45) is 1.50. The molecule has 0 aliphatic carbocycles. The van der Waals surface area contributed by atoms with Crippen molar-refractivity contribution in [2.24, 2.45) is 0 Å². The molecule has 1 heterocycles. The zero-order valence-corrected chi connectivity index (χ0v) is 12.9. The van der Waals surface area contributed by atoms with Crippen LogP contribution in [0.3, 0.4) is 0 Å². The fourth-order valence-electron chi connectivity index (χ4n) is 1.88. The second-order valence-corrected chi connectivity index (χ2v) is 5.19. The lowest BCUT2D eigenvalue weighted by Gasteiger charge is -2.13. The van der Waals surface area contributed by atoms with Crippen LogP contribution in [-0.2, 0) is 6.42 Å². The Morgan fingerprint density at radius 1 is 1.19 bits per heavy atom. The van der Waals surface area contributed by atoms with Gasteiger partial charge in [-0.1, -0.05) is 24.6 Å². The molecule has 0 unspecified atom stereocenters. The molecule has 0 amide bonds. The van der Waals surface area contributed by atoms with Gasteiger partial charge in [0.05, 0.1) is 0 Å². The van der Waals surface area contributed by atoms with Gasteiger partial charge in [0.25, 0.3) is 0 Å². The molecule has 0 atom stereocenters. The average molecular weight is 312 g/mol. The number of aromatic nitrogens is 2. The predicted octanol–water partition coefficient (Wildman–Crippen LogP) is 4.72.